The monoisotopic (exact) mass is 562 g/mol. The second-order valence-corrected chi connectivity index (χ2v) is 10.4. The van der Waals surface area contributed by atoms with E-state index in [4.69, 9.17) is 14.5 Å². The first-order chi connectivity index (χ1) is 20.0. The van der Waals surface area contributed by atoms with Gasteiger partial charge in [0.1, 0.15) is 17.5 Å². The first-order valence-electron chi connectivity index (χ1n) is 13.1. The number of ether oxygens (including phenoxy) is 2. The average molecular weight is 563 g/mol. The van der Waals surface area contributed by atoms with Gasteiger partial charge < -0.3 is 14.6 Å². The number of carbonyl (C=O) groups excluding carboxylic acids is 1. The molecule has 0 amide bonds. The Balaban J connectivity index is 1.75. The molecule has 4 aromatic carbocycles. The van der Waals surface area contributed by atoms with Crippen molar-refractivity contribution in [3.63, 3.8) is 0 Å². The Labute approximate surface area is 239 Å². The molecular weight excluding hydrogens is 536 g/mol. The Hall–Kier alpha value is -4.95. The summed E-state index contributed by atoms with van der Waals surface area (Å²) in [6.45, 7) is 1.91. The minimum Gasteiger partial charge on any atom is -0.508 e. The maximum absolute atomic E-state index is 14.2. The van der Waals surface area contributed by atoms with E-state index in [1.807, 2.05) is 66.7 Å². The number of nitrogens with zero attached hydrogens (tertiary/aromatic N) is 2. The van der Waals surface area contributed by atoms with E-state index in [1.54, 1.807) is 48.9 Å². The highest BCUT2D eigenvalue weighted by atomic mass is 32.1. The van der Waals surface area contributed by atoms with Gasteiger partial charge in [-0.3, -0.25) is 9.36 Å². The van der Waals surface area contributed by atoms with Crippen LogP contribution in [0.3, 0.4) is 0 Å². The van der Waals surface area contributed by atoms with E-state index in [9.17, 15) is 14.7 Å². The standard InChI is InChI=1S/C33H26N2O5S/c1-3-40-32(38)28-29(22-10-5-4-6-11-22)34-33-35(31(37)26(41-33)19-20-13-16-23(36)17-14-20)30(28)27-24-12-8-7-9-21(24)15-18-25(27)39-2/h4-19,30,36H,3H2,1-2H3/t30-/m1/s1. The highest BCUT2D eigenvalue weighted by molar-refractivity contribution is 7.07. The lowest BCUT2D eigenvalue weighted by Crippen LogP contribution is -2.40. The number of carbonyl (C=O) groups is 1. The van der Waals surface area contributed by atoms with Crippen molar-refractivity contribution < 1.29 is 19.4 Å². The first kappa shape index (κ1) is 26.3. The minimum atomic E-state index is -0.872. The van der Waals surface area contributed by atoms with Crippen molar-refractivity contribution in [1.29, 1.82) is 0 Å². The second kappa shape index (κ2) is 10.9. The highest BCUT2D eigenvalue weighted by Gasteiger charge is 2.37. The van der Waals surface area contributed by atoms with Crippen LogP contribution in [0.1, 0.15) is 29.7 Å². The molecule has 8 heteroatoms. The van der Waals surface area contributed by atoms with Crippen molar-refractivity contribution in [2.45, 2.75) is 13.0 Å². The normalized spacial score (nSPS) is 15.0. The summed E-state index contributed by atoms with van der Waals surface area (Å²) in [6.07, 6.45) is 1.76. The predicted molar refractivity (Wildman–Crippen MR) is 160 cm³/mol. The van der Waals surface area contributed by atoms with Gasteiger partial charge in [-0.2, -0.15) is 0 Å². The highest BCUT2D eigenvalue weighted by Crippen LogP contribution is 2.42. The van der Waals surface area contributed by atoms with Crippen molar-refractivity contribution in [2.24, 2.45) is 4.99 Å². The molecule has 1 aliphatic rings. The summed E-state index contributed by atoms with van der Waals surface area (Å²) in [5.41, 5.74) is 2.57. The quantitative estimate of drug-likeness (QED) is 0.300. The maximum atomic E-state index is 14.2. The predicted octanol–water partition coefficient (Wildman–Crippen LogP) is 4.80. The molecule has 0 saturated heterocycles. The fourth-order valence-corrected chi connectivity index (χ4v) is 6.17. The van der Waals surface area contributed by atoms with Crippen molar-refractivity contribution in [1.82, 2.24) is 4.57 Å². The number of rotatable bonds is 6. The summed E-state index contributed by atoms with van der Waals surface area (Å²) in [5, 5.41) is 11.5. The summed E-state index contributed by atoms with van der Waals surface area (Å²) >= 11 is 1.24. The minimum absolute atomic E-state index is 0.137. The van der Waals surface area contributed by atoms with Crippen LogP contribution in [0.25, 0.3) is 22.5 Å². The maximum Gasteiger partial charge on any atom is 0.338 e. The lowest BCUT2D eigenvalue weighted by Gasteiger charge is -2.28. The van der Waals surface area contributed by atoms with E-state index in [1.165, 1.54) is 11.3 Å². The van der Waals surface area contributed by atoms with Crippen LogP contribution < -0.4 is 19.6 Å². The van der Waals surface area contributed by atoms with Gasteiger partial charge in [0, 0.05) is 11.1 Å². The van der Waals surface area contributed by atoms with Crippen LogP contribution in [0.5, 0.6) is 11.5 Å². The number of phenols is 1. The number of hydrogen-bond donors (Lipinski definition) is 1. The van der Waals surface area contributed by atoms with Crippen LogP contribution in [0.15, 0.2) is 106 Å². The van der Waals surface area contributed by atoms with Crippen LogP contribution >= 0.6 is 11.3 Å². The molecule has 0 saturated carbocycles. The summed E-state index contributed by atoms with van der Waals surface area (Å²) < 4.78 is 13.5. The SMILES string of the molecule is CCOC(=O)C1=C(c2ccccc2)N=c2sc(=Cc3ccc(O)cc3)c(=O)n2[C@@H]1c1c(OC)ccc2ccccc12. The van der Waals surface area contributed by atoms with Gasteiger partial charge in [0.05, 0.1) is 29.5 Å². The molecule has 41 heavy (non-hydrogen) atoms. The Morgan fingerprint density at radius 3 is 2.46 bits per heavy atom. The van der Waals surface area contributed by atoms with E-state index in [0.29, 0.717) is 26.3 Å². The molecule has 1 aliphatic heterocycles. The molecule has 1 N–H and O–H groups in total. The third-order valence-corrected chi connectivity index (χ3v) is 7.97. The smallest absolute Gasteiger partial charge is 0.338 e. The molecular formula is C33H26N2O5S. The number of fused-ring (bicyclic) bond motifs is 2. The number of thiazole rings is 1. The van der Waals surface area contributed by atoms with Crippen molar-refractivity contribution in [3.8, 4) is 11.5 Å². The van der Waals surface area contributed by atoms with Crippen molar-refractivity contribution in [3.05, 3.63) is 133 Å². The summed E-state index contributed by atoms with van der Waals surface area (Å²) in [5.74, 6) is 0.124. The fourth-order valence-electron chi connectivity index (χ4n) is 5.17. The number of benzene rings is 4. The van der Waals surface area contributed by atoms with Crippen LogP contribution in [-0.2, 0) is 9.53 Å². The molecule has 1 aromatic heterocycles. The lowest BCUT2D eigenvalue weighted by atomic mass is 9.89. The molecule has 1 atom stereocenters. The zero-order chi connectivity index (χ0) is 28.5. The molecule has 2 heterocycles. The van der Waals surface area contributed by atoms with Gasteiger partial charge in [-0.25, -0.2) is 9.79 Å². The van der Waals surface area contributed by atoms with Crippen LogP contribution in [0, 0.1) is 0 Å². The lowest BCUT2D eigenvalue weighted by molar-refractivity contribution is -0.138. The van der Waals surface area contributed by atoms with Gasteiger partial charge in [-0.05, 0) is 47.5 Å². The molecule has 0 spiro atoms. The number of esters is 1. The van der Waals surface area contributed by atoms with E-state index in [-0.39, 0.29) is 23.5 Å². The fraction of sp³-hybridized carbons (Fsp3) is 0.121. The van der Waals surface area contributed by atoms with Gasteiger partial charge in [0.25, 0.3) is 5.56 Å². The van der Waals surface area contributed by atoms with E-state index in [2.05, 4.69) is 0 Å². The third kappa shape index (κ3) is 4.72. The van der Waals surface area contributed by atoms with E-state index in [0.717, 1.165) is 21.9 Å². The Morgan fingerprint density at radius 1 is 1.00 bits per heavy atom. The summed E-state index contributed by atoms with van der Waals surface area (Å²) in [4.78, 5) is 33.4. The first-order valence-corrected chi connectivity index (χ1v) is 13.9. The van der Waals surface area contributed by atoms with E-state index < -0.39 is 12.0 Å². The summed E-state index contributed by atoms with van der Waals surface area (Å²) in [7, 11) is 1.58. The van der Waals surface area contributed by atoms with Crippen LogP contribution in [-0.4, -0.2) is 29.4 Å². The van der Waals surface area contributed by atoms with Crippen LogP contribution in [0.2, 0.25) is 0 Å². The van der Waals surface area contributed by atoms with E-state index >= 15 is 0 Å². The van der Waals surface area contributed by atoms with Gasteiger partial charge in [0.15, 0.2) is 4.80 Å². The molecule has 7 nitrogen and oxygen atoms in total. The largest absolute Gasteiger partial charge is 0.508 e. The molecule has 0 unspecified atom stereocenters. The van der Waals surface area contributed by atoms with Crippen molar-refractivity contribution >= 4 is 39.9 Å². The zero-order valence-corrected chi connectivity index (χ0v) is 23.2. The molecule has 6 rings (SSSR count). The number of aromatic hydroxyl groups is 1. The zero-order valence-electron chi connectivity index (χ0n) is 22.4. The Kier molecular flexibility index (Phi) is 6.99. The molecule has 0 bridgehead atoms. The number of methoxy groups -OCH3 is 1. The van der Waals surface area contributed by atoms with Crippen molar-refractivity contribution in [2.75, 3.05) is 13.7 Å². The van der Waals surface area contributed by atoms with Gasteiger partial charge in [-0.15, -0.1) is 0 Å². The van der Waals surface area contributed by atoms with Crippen LogP contribution in [0.4, 0.5) is 0 Å². The second-order valence-electron chi connectivity index (χ2n) is 9.43. The number of phenolic OH excluding ortho intramolecular Hbond substituents is 1. The molecule has 204 valence electrons. The number of hydrogen-bond acceptors (Lipinski definition) is 7. The van der Waals surface area contributed by atoms with Gasteiger partial charge in [0.2, 0.25) is 0 Å². The number of aromatic nitrogens is 1. The Morgan fingerprint density at radius 2 is 1.73 bits per heavy atom. The van der Waals surface area contributed by atoms with Gasteiger partial charge in [-0.1, -0.05) is 84.1 Å². The molecule has 5 aromatic rings. The molecule has 0 aliphatic carbocycles. The topological polar surface area (TPSA) is 90.1 Å². The average Bonchev–Trinajstić information content (AvgIpc) is 3.31. The summed E-state index contributed by atoms with van der Waals surface area (Å²) in [6, 6.07) is 26.8. The Bertz CT molecular complexity index is 1990. The third-order valence-electron chi connectivity index (χ3n) is 6.99. The molecule has 0 radical (unpaired) electrons. The molecule has 0 fully saturated rings. The van der Waals surface area contributed by atoms with Gasteiger partial charge >= 0.3 is 5.97 Å².